The van der Waals surface area contributed by atoms with Gasteiger partial charge in [-0.05, 0) is 13.8 Å². The van der Waals surface area contributed by atoms with Crippen molar-refractivity contribution in [2.75, 3.05) is 0 Å². The molecule has 0 aromatic rings. The summed E-state index contributed by atoms with van der Waals surface area (Å²) in [4.78, 5) is 18.7. The van der Waals surface area contributed by atoms with Crippen LogP contribution in [0.1, 0.15) is 13.8 Å². The maximum Gasteiger partial charge on any atom is 2.00 e. The topological polar surface area (TPSA) is 152 Å². The molecule has 0 aromatic carbocycles. The second kappa shape index (κ2) is 12.3. The number of carbonyl (C=O) groups excluding carboxylic acids is 2. The van der Waals surface area contributed by atoms with Crippen LogP contribution in [0.4, 0.5) is 0 Å². The Morgan fingerprint density at radius 2 is 1.07 bits per heavy atom. The maximum absolute atomic E-state index is 9.34. The Morgan fingerprint density at radius 1 is 1.00 bits per heavy atom. The number of carboxylic acids is 2. The molecule has 0 fully saturated rings. The second-order valence-corrected chi connectivity index (χ2v) is 1.99. The van der Waals surface area contributed by atoms with E-state index in [1.54, 1.807) is 0 Å². The van der Waals surface area contributed by atoms with Gasteiger partial charge < -0.3 is 35.5 Å². The van der Waals surface area contributed by atoms with Crippen LogP contribution in [-0.2, 0) is 26.7 Å². The Morgan fingerprint density at radius 3 is 1.07 bits per heavy atom. The molecule has 7 nitrogen and oxygen atoms in total. The van der Waals surface area contributed by atoms with Gasteiger partial charge in [0.1, 0.15) is 0 Å². The van der Waals surface area contributed by atoms with E-state index in [0.717, 1.165) is 13.8 Å². The fourth-order valence-corrected chi connectivity index (χ4v) is 0. The number of aliphatic carboxylic acids is 2. The molecule has 2 atom stereocenters. The quantitative estimate of drug-likeness (QED) is 0.476. The monoisotopic (exact) mass is 259 g/mol. The predicted octanol–water partition coefficient (Wildman–Crippen LogP) is -4.59. The Balaban J connectivity index is -0.0000000625. The molecule has 14 heavy (non-hydrogen) atoms. The molecule has 0 spiro atoms. The van der Waals surface area contributed by atoms with Gasteiger partial charge in [-0.3, -0.25) is 0 Å². The minimum Gasteiger partial charge on any atom is -0.547 e. The zero-order chi connectivity index (χ0) is 10.3. The molecule has 0 heterocycles. The summed E-state index contributed by atoms with van der Waals surface area (Å²) in [6.45, 7) is 2.27. The van der Waals surface area contributed by atoms with Crippen LogP contribution in [0.3, 0.4) is 0 Å². The molecule has 1 radical (unpaired) electrons. The van der Waals surface area contributed by atoms with Crippen LogP contribution in [0.5, 0.6) is 0 Å². The zero-order valence-corrected chi connectivity index (χ0v) is 8.43. The minimum atomic E-state index is -1.44. The molecular formula is C6H12CuO7. The fraction of sp³-hybridized carbons (Fsp3) is 0.667. The summed E-state index contributed by atoms with van der Waals surface area (Å²) in [7, 11) is 0. The van der Waals surface area contributed by atoms with Gasteiger partial charge >= 0.3 is 17.1 Å². The van der Waals surface area contributed by atoms with Gasteiger partial charge in [0, 0.05) is 0 Å². The standard InChI is InChI=1S/2C3H6O3.Cu.H2O/c2*1-2(4)3(5)6;;/h2*2,4H,1H3,(H,5,6);;1H2/q;;+2;/p-2. The largest absolute Gasteiger partial charge is 2.00 e. The van der Waals surface area contributed by atoms with Crippen LogP contribution in [0.15, 0.2) is 0 Å². The maximum atomic E-state index is 9.34. The van der Waals surface area contributed by atoms with Crippen molar-refractivity contribution in [2.45, 2.75) is 26.1 Å². The van der Waals surface area contributed by atoms with Crippen molar-refractivity contribution in [1.82, 2.24) is 0 Å². The van der Waals surface area contributed by atoms with Crippen molar-refractivity contribution in [3.8, 4) is 0 Å². The Bertz CT molecular complexity index is 138. The number of rotatable bonds is 2. The third-order valence-electron chi connectivity index (χ3n) is 0.682. The molecule has 0 amide bonds. The first-order valence-electron chi connectivity index (χ1n) is 3.06. The van der Waals surface area contributed by atoms with Gasteiger partial charge in [-0.25, -0.2) is 0 Å². The summed E-state index contributed by atoms with van der Waals surface area (Å²) in [6.07, 6.45) is -2.69. The predicted molar refractivity (Wildman–Crippen MR) is 37.0 cm³/mol. The van der Waals surface area contributed by atoms with Crippen molar-refractivity contribution in [2.24, 2.45) is 0 Å². The summed E-state index contributed by atoms with van der Waals surface area (Å²) >= 11 is 0. The van der Waals surface area contributed by atoms with E-state index in [4.69, 9.17) is 10.2 Å². The molecule has 8 heteroatoms. The Hall–Kier alpha value is -0.661. The SMILES string of the molecule is CC(O)C(=O)[O-].CC(O)C(=O)[O-].O.[Cu+2]. The smallest absolute Gasteiger partial charge is 0.547 e. The number of carbonyl (C=O) groups is 2. The molecule has 0 rings (SSSR count). The number of aliphatic hydroxyl groups excluding tert-OH is 2. The Labute approximate surface area is 91.1 Å². The van der Waals surface area contributed by atoms with E-state index in [1.807, 2.05) is 0 Å². The average molecular weight is 260 g/mol. The molecule has 0 aliphatic carbocycles. The van der Waals surface area contributed by atoms with E-state index < -0.39 is 24.1 Å². The summed E-state index contributed by atoms with van der Waals surface area (Å²) in [6, 6.07) is 0. The minimum absolute atomic E-state index is 0. The zero-order valence-electron chi connectivity index (χ0n) is 7.48. The number of hydrogen-bond acceptors (Lipinski definition) is 6. The summed E-state index contributed by atoms with van der Waals surface area (Å²) in [5.41, 5.74) is 0. The molecule has 0 saturated carbocycles. The molecule has 0 aromatic heterocycles. The normalized spacial score (nSPS) is 11.7. The summed E-state index contributed by atoms with van der Waals surface area (Å²) in [5, 5.41) is 34.6. The van der Waals surface area contributed by atoms with Crippen molar-refractivity contribution in [1.29, 1.82) is 0 Å². The first-order valence-corrected chi connectivity index (χ1v) is 3.06. The second-order valence-electron chi connectivity index (χ2n) is 1.99. The van der Waals surface area contributed by atoms with Gasteiger partial charge in [-0.1, -0.05) is 0 Å². The molecule has 0 aliphatic heterocycles. The van der Waals surface area contributed by atoms with Gasteiger partial charge in [0.25, 0.3) is 0 Å². The number of hydrogen-bond donors (Lipinski definition) is 2. The van der Waals surface area contributed by atoms with Crippen LogP contribution < -0.4 is 10.2 Å². The Kier molecular flexibility index (Phi) is 20.5. The average Bonchev–Trinajstić information content (AvgIpc) is 1.88. The van der Waals surface area contributed by atoms with E-state index in [2.05, 4.69) is 0 Å². The van der Waals surface area contributed by atoms with Crippen LogP contribution >= 0.6 is 0 Å². The van der Waals surface area contributed by atoms with E-state index in [1.165, 1.54) is 0 Å². The van der Waals surface area contributed by atoms with Gasteiger partial charge in [0.05, 0.1) is 24.1 Å². The third kappa shape index (κ3) is 22.5. The van der Waals surface area contributed by atoms with Crippen LogP contribution in [0, 0.1) is 0 Å². The van der Waals surface area contributed by atoms with E-state index >= 15 is 0 Å². The van der Waals surface area contributed by atoms with Gasteiger partial charge in [-0.15, -0.1) is 0 Å². The van der Waals surface area contributed by atoms with Crippen molar-refractivity contribution in [3.63, 3.8) is 0 Å². The van der Waals surface area contributed by atoms with Crippen molar-refractivity contribution < 1.29 is 52.6 Å². The van der Waals surface area contributed by atoms with E-state index in [-0.39, 0.29) is 22.5 Å². The fourth-order valence-electron chi connectivity index (χ4n) is 0. The molecule has 89 valence electrons. The third-order valence-corrected chi connectivity index (χ3v) is 0.682. The summed E-state index contributed by atoms with van der Waals surface area (Å²) in [5.74, 6) is -2.87. The van der Waals surface area contributed by atoms with Gasteiger partial charge in [0.15, 0.2) is 0 Å². The number of carboxylic acid groups (broad SMARTS) is 2. The number of aliphatic hydroxyl groups is 2. The molecule has 0 bridgehead atoms. The molecule has 0 aliphatic rings. The first kappa shape index (κ1) is 23.3. The molecule has 4 N–H and O–H groups in total. The summed E-state index contributed by atoms with van der Waals surface area (Å²) < 4.78 is 0. The van der Waals surface area contributed by atoms with Crippen LogP contribution in [0.2, 0.25) is 0 Å². The molecule has 0 saturated heterocycles. The van der Waals surface area contributed by atoms with E-state index in [9.17, 15) is 19.8 Å². The van der Waals surface area contributed by atoms with E-state index in [0.29, 0.717) is 0 Å². The van der Waals surface area contributed by atoms with Crippen molar-refractivity contribution in [3.05, 3.63) is 0 Å². The van der Waals surface area contributed by atoms with Gasteiger partial charge in [0.2, 0.25) is 0 Å². The molecule has 2 unspecified atom stereocenters. The van der Waals surface area contributed by atoms with Crippen LogP contribution in [0.25, 0.3) is 0 Å². The van der Waals surface area contributed by atoms with Crippen LogP contribution in [-0.4, -0.2) is 39.8 Å². The molecular weight excluding hydrogens is 248 g/mol. The van der Waals surface area contributed by atoms with Crippen molar-refractivity contribution >= 4 is 11.9 Å². The van der Waals surface area contributed by atoms with Gasteiger partial charge in [-0.2, -0.15) is 0 Å². The first-order chi connectivity index (χ1) is 5.29.